The number of carbonyl (C=O) groups excluding carboxylic acids is 1. The molecule has 3 N–H and O–H groups in total. The number of hydrogen-bond donors (Lipinski definition) is 3. The second-order valence-corrected chi connectivity index (χ2v) is 14.8. The summed E-state index contributed by atoms with van der Waals surface area (Å²) in [6.45, 7) is 8.38. The molecule has 4 aliphatic rings. The van der Waals surface area contributed by atoms with Crippen molar-refractivity contribution in [1.82, 2.24) is 0 Å². The van der Waals surface area contributed by atoms with E-state index in [2.05, 4.69) is 25.3 Å². The summed E-state index contributed by atoms with van der Waals surface area (Å²) in [6.07, 6.45) is 1.13. The first-order chi connectivity index (χ1) is 17.9. The number of rotatable bonds is 8. The van der Waals surface area contributed by atoms with Gasteiger partial charge in [0.15, 0.2) is 5.60 Å². The summed E-state index contributed by atoms with van der Waals surface area (Å²) in [5, 5.41) is 10.5. The molecule has 39 heavy (non-hydrogen) atoms. The number of hydrogen-bond acceptors (Lipinski definition) is 5. The maximum atomic E-state index is 13.6. The molecule has 10 atom stereocenters. The van der Waals surface area contributed by atoms with E-state index in [1.54, 1.807) is 0 Å². The molecule has 11 heteroatoms. The maximum Gasteiger partial charge on any atom is 0.469 e. The van der Waals surface area contributed by atoms with Gasteiger partial charge in [0.1, 0.15) is 6.10 Å². The molecular weight excluding hydrogens is 536 g/mol. The highest BCUT2D eigenvalue weighted by Gasteiger charge is 2.65. The van der Waals surface area contributed by atoms with Gasteiger partial charge in [-0.1, -0.05) is 20.8 Å². The number of halogens is 3. The SMILES string of the molecule is C[C@@H]([C@H]1CC[C@H]2[C@@H]3CC[C@@H]4C[C@@](O)(C(F)(F)F)CC[C@]4(C)[C@H]3CC[C@]12C)[C@@H](C)OC(=O)CCCOP(=O)(O)O. The lowest BCUT2D eigenvalue weighted by Gasteiger charge is -2.62. The molecule has 0 amide bonds. The number of fused-ring (bicyclic) bond motifs is 5. The van der Waals surface area contributed by atoms with Crippen LogP contribution in [0.15, 0.2) is 0 Å². The Morgan fingerprint density at radius 1 is 1.00 bits per heavy atom. The predicted molar refractivity (Wildman–Crippen MR) is 138 cm³/mol. The van der Waals surface area contributed by atoms with E-state index in [4.69, 9.17) is 14.5 Å². The smallest absolute Gasteiger partial charge is 0.462 e. The second kappa shape index (κ2) is 10.9. The first-order valence-electron chi connectivity index (χ1n) is 14.6. The third-order valence-electron chi connectivity index (χ3n) is 11.8. The molecule has 4 saturated carbocycles. The number of phosphoric ester groups is 1. The molecule has 0 aromatic carbocycles. The van der Waals surface area contributed by atoms with Gasteiger partial charge in [0.25, 0.3) is 0 Å². The lowest BCUT2D eigenvalue weighted by molar-refractivity contribution is -0.290. The minimum Gasteiger partial charge on any atom is -0.462 e. The number of alkyl halides is 3. The first-order valence-corrected chi connectivity index (χ1v) is 16.1. The molecule has 0 radical (unpaired) electrons. The summed E-state index contributed by atoms with van der Waals surface area (Å²) < 4.78 is 61.8. The fourth-order valence-electron chi connectivity index (χ4n) is 9.51. The molecule has 4 rings (SSSR count). The quantitative estimate of drug-likeness (QED) is 0.173. The summed E-state index contributed by atoms with van der Waals surface area (Å²) in [5.41, 5.74) is -2.64. The van der Waals surface area contributed by atoms with Gasteiger partial charge in [-0.25, -0.2) is 4.57 Å². The van der Waals surface area contributed by atoms with Crippen molar-refractivity contribution in [2.75, 3.05) is 6.61 Å². The van der Waals surface area contributed by atoms with Crippen molar-refractivity contribution in [3.05, 3.63) is 0 Å². The van der Waals surface area contributed by atoms with Crippen LogP contribution in [-0.2, 0) is 18.6 Å². The summed E-state index contributed by atoms with van der Waals surface area (Å²) in [6, 6.07) is 0. The lowest BCUT2D eigenvalue weighted by atomic mass is 9.43. The minimum absolute atomic E-state index is 0.0224. The topological polar surface area (TPSA) is 113 Å². The Labute approximate surface area is 229 Å². The number of carbonyl (C=O) groups is 1. The Hall–Kier alpha value is -0.670. The molecular formula is C28H46F3O7P. The Balaban J connectivity index is 1.37. The van der Waals surface area contributed by atoms with Crippen LogP contribution in [0.5, 0.6) is 0 Å². The van der Waals surface area contributed by atoms with E-state index < -0.39 is 25.6 Å². The van der Waals surface area contributed by atoms with Gasteiger partial charge >= 0.3 is 20.0 Å². The van der Waals surface area contributed by atoms with Crippen LogP contribution in [-0.4, -0.2) is 45.4 Å². The summed E-state index contributed by atoms with van der Waals surface area (Å²) >= 11 is 0. The first kappa shape index (κ1) is 31.3. The van der Waals surface area contributed by atoms with Gasteiger partial charge in [-0.05, 0) is 117 Å². The molecule has 0 aromatic rings. The summed E-state index contributed by atoms with van der Waals surface area (Å²) in [5.74, 6) is 1.35. The van der Waals surface area contributed by atoms with Crippen molar-refractivity contribution in [3.63, 3.8) is 0 Å². The Morgan fingerprint density at radius 3 is 2.31 bits per heavy atom. The molecule has 0 bridgehead atoms. The number of aliphatic hydroxyl groups is 1. The third-order valence-corrected chi connectivity index (χ3v) is 12.3. The van der Waals surface area contributed by atoms with E-state index in [0.717, 1.165) is 38.5 Å². The monoisotopic (exact) mass is 582 g/mol. The van der Waals surface area contributed by atoms with Crippen LogP contribution in [0.3, 0.4) is 0 Å². The van der Waals surface area contributed by atoms with Crippen molar-refractivity contribution in [2.45, 2.75) is 116 Å². The molecule has 7 nitrogen and oxygen atoms in total. The second-order valence-electron chi connectivity index (χ2n) is 13.6. The molecule has 0 saturated heterocycles. The Kier molecular flexibility index (Phi) is 8.71. The molecule has 4 aliphatic carbocycles. The van der Waals surface area contributed by atoms with Crippen LogP contribution in [0.1, 0.15) is 98.3 Å². The lowest BCUT2D eigenvalue weighted by Crippen LogP contribution is -2.59. The largest absolute Gasteiger partial charge is 0.469 e. The molecule has 4 fully saturated rings. The van der Waals surface area contributed by atoms with Gasteiger partial charge in [-0.2, -0.15) is 13.2 Å². The number of esters is 1. The van der Waals surface area contributed by atoms with Gasteiger partial charge in [0.05, 0.1) is 6.61 Å². The van der Waals surface area contributed by atoms with E-state index in [-0.39, 0.29) is 61.1 Å². The van der Waals surface area contributed by atoms with Crippen LogP contribution in [0.2, 0.25) is 0 Å². The highest BCUT2D eigenvalue weighted by Crippen LogP contribution is 2.69. The molecule has 226 valence electrons. The minimum atomic E-state index is -4.58. The molecule has 0 aromatic heterocycles. The average molecular weight is 583 g/mol. The standard InChI is InChI=1S/C28H46F3O7P/c1-17(18(2)38-24(32)6-5-15-37-39(34,35)36)21-9-10-22-20-8-7-19-16-27(33,28(29,30)31)14-13-25(19,3)23(20)11-12-26(21,22)4/h17-23,33H,5-16H2,1-4H3,(H2,34,35,36)/t17-,18-,19-,20+,21-,22+,23+,25+,26-,27-/m1/s1. The molecule has 0 heterocycles. The fourth-order valence-corrected chi connectivity index (χ4v) is 9.87. The van der Waals surface area contributed by atoms with Crippen molar-refractivity contribution in [2.24, 2.45) is 46.3 Å². The predicted octanol–water partition coefficient (Wildman–Crippen LogP) is 6.40. The maximum absolute atomic E-state index is 13.6. The van der Waals surface area contributed by atoms with Gasteiger partial charge in [0, 0.05) is 6.42 Å². The van der Waals surface area contributed by atoms with Crippen molar-refractivity contribution in [3.8, 4) is 0 Å². The van der Waals surface area contributed by atoms with Crippen LogP contribution in [0, 0.1) is 46.3 Å². The third kappa shape index (κ3) is 5.97. The van der Waals surface area contributed by atoms with Gasteiger partial charge in [0.2, 0.25) is 0 Å². The van der Waals surface area contributed by atoms with Gasteiger partial charge < -0.3 is 19.6 Å². The van der Waals surface area contributed by atoms with Crippen LogP contribution < -0.4 is 0 Å². The van der Waals surface area contributed by atoms with Crippen molar-refractivity contribution >= 4 is 13.8 Å². The highest BCUT2D eigenvalue weighted by molar-refractivity contribution is 7.46. The number of phosphoric acid groups is 1. The zero-order valence-electron chi connectivity index (χ0n) is 23.6. The Morgan fingerprint density at radius 2 is 1.67 bits per heavy atom. The number of ether oxygens (including phenoxy) is 1. The Bertz CT molecular complexity index is 956. The zero-order chi connectivity index (χ0) is 29.0. The molecule has 0 unspecified atom stereocenters. The fraction of sp³-hybridized carbons (Fsp3) is 0.964. The van der Waals surface area contributed by atoms with Crippen LogP contribution in [0.25, 0.3) is 0 Å². The average Bonchev–Trinajstić information content (AvgIpc) is 3.17. The van der Waals surface area contributed by atoms with E-state index in [9.17, 15) is 27.6 Å². The zero-order valence-corrected chi connectivity index (χ0v) is 24.5. The normalized spacial score (nSPS) is 42.2. The van der Waals surface area contributed by atoms with E-state index >= 15 is 0 Å². The van der Waals surface area contributed by atoms with E-state index in [0.29, 0.717) is 30.1 Å². The molecule has 0 aliphatic heterocycles. The summed E-state index contributed by atoms with van der Waals surface area (Å²) in [7, 11) is -4.55. The van der Waals surface area contributed by atoms with Crippen LogP contribution in [0.4, 0.5) is 13.2 Å². The highest BCUT2D eigenvalue weighted by atomic mass is 31.2. The summed E-state index contributed by atoms with van der Waals surface area (Å²) in [4.78, 5) is 29.9. The van der Waals surface area contributed by atoms with E-state index in [1.165, 1.54) is 0 Å². The molecule has 0 spiro atoms. The van der Waals surface area contributed by atoms with Crippen LogP contribution >= 0.6 is 7.82 Å². The van der Waals surface area contributed by atoms with E-state index in [1.807, 2.05) is 6.92 Å². The van der Waals surface area contributed by atoms with Crippen molar-refractivity contribution in [1.29, 1.82) is 0 Å². The van der Waals surface area contributed by atoms with Gasteiger partial charge in [-0.3, -0.25) is 9.32 Å². The van der Waals surface area contributed by atoms with Gasteiger partial charge in [-0.15, -0.1) is 0 Å². The van der Waals surface area contributed by atoms with Crippen molar-refractivity contribution < 1.29 is 46.7 Å².